The number of aliphatic carboxylic acids is 2. The molecule has 0 aliphatic carbocycles. The summed E-state index contributed by atoms with van der Waals surface area (Å²) in [5, 5.41) is 15.7. The fourth-order valence-electron chi connectivity index (χ4n) is 2.11. The monoisotopic (exact) mass is 406 g/mol. The minimum Gasteiger partial charge on any atom is -0.497 e. The quantitative estimate of drug-likeness (QED) is 0.352. The van der Waals surface area contributed by atoms with Gasteiger partial charge in [0.2, 0.25) is 0 Å². The molecule has 2 rings (SSSR count). The number of carboxylic acids is 2. The summed E-state index contributed by atoms with van der Waals surface area (Å²) in [6.07, 6.45) is 6.83. The number of thioether (sulfide) groups is 1. The van der Waals surface area contributed by atoms with Gasteiger partial charge in [0.1, 0.15) is 5.75 Å². The number of allylic oxidation sites excluding steroid dienone is 3. The van der Waals surface area contributed by atoms with Crippen LogP contribution in [0.5, 0.6) is 5.75 Å². The number of ether oxygens (including phenoxy) is 1. The Bertz CT molecular complexity index is 855. The largest absolute Gasteiger partial charge is 0.497 e. The lowest BCUT2D eigenvalue weighted by atomic mass is 10.1. The molecule has 0 saturated heterocycles. The van der Waals surface area contributed by atoms with Crippen LogP contribution in [0.2, 0.25) is 0 Å². The summed E-state index contributed by atoms with van der Waals surface area (Å²) in [4.78, 5) is 26.1. The first-order chi connectivity index (χ1) is 13.2. The van der Waals surface area contributed by atoms with Crippen molar-refractivity contribution in [2.75, 3.05) is 12.9 Å². The fraction of sp³-hybridized carbons (Fsp3) is 0.350. The van der Waals surface area contributed by atoms with Crippen LogP contribution < -0.4 is 4.74 Å². The van der Waals surface area contributed by atoms with Crippen molar-refractivity contribution < 1.29 is 24.5 Å². The molecule has 1 heterocycles. The Labute approximate surface area is 168 Å². The maximum absolute atomic E-state index is 9.10. The average molecular weight is 407 g/mol. The zero-order valence-electron chi connectivity index (χ0n) is 16.5. The number of nitrogens with zero attached hydrogens (tertiary/aromatic N) is 1. The predicted molar refractivity (Wildman–Crippen MR) is 111 cm³/mol. The number of fused-ring (bicyclic) bond motifs is 1. The van der Waals surface area contributed by atoms with Crippen LogP contribution in [0, 0.1) is 0 Å². The van der Waals surface area contributed by atoms with Gasteiger partial charge in [-0.3, -0.25) is 0 Å². The second-order valence-corrected chi connectivity index (χ2v) is 7.23. The van der Waals surface area contributed by atoms with E-state index in [1.807, 2.05) is 18.2 Å². The molecule has 0 radical (unpaired) electrons. The molecule has 2 aromatic rings. The number of benzene rings is 1. The standard InChI is InChI=1S/C18H24N2OS.C2H2O4/c1-13(2)6-5-7-14(3)10-11-22-18-19-16-9-8-15(21-4)12-17(16)20-18;3-1(4)2(5)6/h6,8-10,12H,5,7,11H2,1-4H3,(H,19,20);(H,3,4)(H,5,6). The Morgan fingerprint density at radius 3 is 2.43 bits per heavy atom. The molecule has 1 aromatic carbocycles. The second-order valence-electron chi connectivity index (χ2n) is 6.22. The number of H-pyrrole nitrogens is 1. The molecular weight excluding hydrogens is 380 g/mol. The van der Waals surface area contributed by atoms with E-state index >= 15 is 0 Å². The summed E-state index contributed by atoms with van der Waals surface area (Å²) in [6.45, 7) is 6.49. The van der Waals surface area contributed by atoms with Gasteiger partial charge < -0.3 is 19.9 Å². The number of aromatic amines is 1. The lowest BCUT2D eigenvalue weighted by Gasteiger charge is -1.99. The molecule has 1 aromatic heterocycles. The summed E-state index contributed by atoms with van der Waals surface area (Å²) >= 11 is 1.73. The van der Waals surface area contributed by atoms with Crippen molar-refractivity contribution in [2.45, 2.75) is 38.8 Å². The van der Waals surface area contributed by atoms with Gasteiger partial charge in [0.05, 0.1) is 18.1 Å². The topological polar surface area (TPSA) is 113 Å². The SMILES string of the molecule is COc1ccc2nc(SCC=C(C)CCC=C(C)C)[nH]c2c1.O=C(O)C(=O)O. The van der Waals surface area contributed by atoms with Crippen molar-refractivity contribution in [1.82, 2.24) is 9.97 Å². The van der Waals surface area contributed by atoms with Gasteiger partial charge in [0.25, 0.3) is 0 Å². The van der Waals surface area contributed by atoms with E-state index in [1.165, 1.54) is 11.1 Å². The van der Waals surface area contributed by atoms with Crippen molar-refractivity contribution in [3.8, 4) is 5.75 Å². The van der Waals surface area contributed by atoms with E-state index in [9.17, 15) is 0 Å². The highest BCUT2D eigenvalue weighted by Crippen LogP contribution is 2.23. The molecular formula is C20H26N2O5S. The number of imidazole rings is 1. The first kappa shape index (κ1) is 23.3. The highest BCUT2D eigenvalue weighted by atomic mass is 32.2. The summed E-state index contributed by atoms with van der Waals surface area (Å²) in [5.74, 6) is -1.86. The normalized spacial score (nSPS) is 10.8. The Morgan fingerprint density at radius 1 is 1.18 bits per heavy atom. The minimum absolute atomic E-state index is 0.850. The van der Waals surface area contributed by atoms with Gasteiger partial charge in [0.15, 0.2) is 5.16 Å². The number of hydrogen-bond acceptors (Lipinski definition) is 5. The van der Waals surface area contributed by atoms with E-state index in [4.69, 9.17) is 24.5 Å². The molecule has 7 nitrogen and oxygen atoms in total. The van der Waals surface area contributed by atoms with E-state index in [1.54, 1.807) is 18.9 Å². The van der Waals surface area contributed by atoms with Gasteiger partial charge in [0, 0.05) is 11.8 Å². The molecule has 0 aliphatic rings. The third-order valence-corrected chi connectivity index (χ3v) is 4.39. The lowest BCUT2D eigenvalue weighted by molar-refractivity contribution is -0.159. The molecule has 0 bridgehead atoms. The number of carbonyl (C=O) groups is 2. The van der Waals surface area contributed by atoms with Crippen molar-refractivity contribution in [3.63, 3.8) is 0 Å². The van der Waals surface area contributed by atoms with Gasteiger partial charge in [-0.1, -0.05) is 35.1 Å². The number of nitrogens with one attached hydrogen (secondary N) is 1. The molecule has 3 N–H and O–H groups in total. The van der Waals surface area contributed by atoms with E-state index in [0.717, 1.165) is 40.5 Å². The average Bonchev–Trinajstić information content (AvgIpc) is 3.03. The van der Waals surface area contributed by atoms with Crippen LogP contribution in [-0.2, 0) is 9.59 Å². The van der Waals surface area contributed by atoms with Crippen LogP contribution in [0.15, 0.2) is 46.7 Å². The Morgan fingerprint density at radius 2 is 1.86 bits per heavy atom. The summed E-state index contributed by atoms with van der Waals surface area (Å²) in [6, 6.07) is 5.90. The van der Waals surface area contributed by atoms with Crippen LogP contribution in [0.3, 0.4) is 0 Å². The number of rotatable bonds is 7. The fourth-order valence-corrected chi connectivity index (χ4v) is 2.98. The van der Waals surface area contributed by atoms with Crippen molar-refractivity contribution in [1.29, 1.82) is 0 Å². The van der Waals surface area contributed by atoms with E-state index in [2.05, 4.69) is 42.9 Å². The number of hydrogen-bond donors (Lipinski definition) is 3. The Hall–Kier alpha value is -2.74. The highest BCUT2D eigenvalue weighted by molar-refractivity contribution is 7.99. The molecule has 0 aliphatic heterocycles. The van der Waals surface area contributed by atoms with Crippen LogP contribution in [0.4, 0.5) is 0 Å². The van der Waals surface area contributed by atoms with Crippen LogP contribution in [0.25, 0.3) is 11.0 Å². The molecule has 8 heteroatoms. The molecule has 152 valence electrons. The molecule has 0 saturated carbocycles. The Kier molecular flexibility index (Phi) is 9.87. The zero-order valence-corrected chi connectivity index (χ0v) is 17.3. The van der Waals surface area contributed by atoms with E-state index in [0.29, 0.717) is 0 Å². The van der Waals surface area contributed by atoms with Gasteiger partial charge in [-0.15, -0.1) is 0 Å². The molecule has 0 amide bonds. The highest BCUT2D eigenvalue weighted by Gasteiger charge is 2.04. The first-order valence-electron chi connectivity index (χ1n) is 8.64. The third kappa shape index (κ3) is 8.77. The first-order valence-corrected chi connectivity index (χ1v) is 9.63. The minimum atomic E-state index is -1.82. The van der Waals surface area contributed by atoms with E-state index in [-0.39, 0.29) is 0 Å². The third-order valence-electron chi connectivity index (χ3n) is 3.59. The van der Waals surface area contributed by atoms with Gasteiger partial charge >= 0.3 is 11.9 Å². The second kappa shape index (κ2) is 11.9. The molecule has 28 heavy (non-hydrogen) atoms. The van der Waals surface area contributed by atoms with E-state index < -0.39 is 11.9 Å². The Balaban J connectivity index is 0.000000568. The molecule has 0 fully saturated rings. The number of carboxylic acid groups (broad SMARTS) is 2. The van der Waals surface area contributed by atoms with Crippen LogP contribution in [-0.4, -0.2) is 45.0 Å². The van der Waals surface area contributed by atoms with Gasteiger partial charge in [-0.25, -0.2) is 14.6 Å². The number of methoxy groups -OCH3 is 1. The van der Waals surface area contributed by atoms with Crippen LogP contribution in [0.1, 0.15) is 33.6 Å². The lowest BCUT2D eigenvalue weighted by Crippen LogP contribution is -2.09. The molecule has 0 unspecified atom stereocenters. The predicted octanol–water partition coefficient (Wildman–Crippen LogP) is 4.51. The van der Waals surface area contributed by atoms with Crippen molar-refractivity contribution >= 4 is 34.7 Å². The maximum atomic E-state index is 9.10. The summed E-state index contributed by atoms with van der Waals surface area (Å²) < 4.78 is 5.23. The molecule has 0 atom stereocenters. The summed E-state index contributed by atoms with van der Waals surface area (Å²) in [7, 11) is 1.68. The van der Waals surface area contributed by atoms with Gasteiger partial charge in [-0.2, -0.15) is 0 Å². The zero-order chi connectivity index (χ0) is 21.1. The maximum Gasteiger partial charge on any atom is 0.414 e. The number of aromatic nitrogens is 2. The van der Waals surface area contributed by atoms with Crippen LogP contribution >= 0.6 is 11.8 Å². The van der Waals surface area contributed by atoms with Crippen molar-refractivity contribution in [2.24, 2.45) is 0 Å². The molecule has 0 spiro atoms. The summed E-state index contributed by atoms with van der Waals surface area (Å²) in [5.41, 5.74) is 4.82. The van der Waals surface area contributed by atoms with Crippen molar-refractivity contribution in [3.05, 3.63) is 41.5 Å². The smallest absolute Gasteiger partial charge is 0.414 e. The van der Waals surface area contributed by atoms with Gasteiger partial charge in [-0.05, 0) is 45.7 Å².